The second kappa shape index (κ2) is 10.6. The molecule has 4 unspecified atom stereocenters. The maximum absolute atomic E-state index is 10.6. The Labute approximate surface area is 190 Å². The van der Waals surface area contributed by atoms with Gasteiger partial charge in [-0.25, -0.2) is 0 Å². The van der Waals surface area contributed by atoms with Crippen LogP contribution in [-0.2, 0) is 0 Å². The Hall–Kier alpha value is 1.32. The Morgan fingerprint density at radius 3 is 1.00 bits per heavy atom. The molecule has 0 aliphatic carbocycles. The van der Waals surface area contributed by atoms with E-state index >= 15 is 0 Å². The summed E-state index contributed by atoms with van der Waals surface area (Å²) < 4.78 is 2.06. The summed E-state index contributed by atoms with van der Waals surface area (Å²) in [6, 6.07) is 0. The van der Waals surface area contributed by atoms with E-state index in [-0.39, 0.29) is 21.7 Å². The zero-order valence-electron chi connectivity index (χ0n) is 19.6. The first-order valence-electron chi connectivity index (χ1n) is 10.5. The molecular formula is C22H46O4Sr. The van der Waals surface area contributed by atoms with E-state index in [4.69, 9.17) is 0 Å². The fraction of sp³-hybridized carbons (Fsp3) is 1.00. The van der Waals surface area contributed by atoms with Gasteiger partial charge in [0.15, 0.2) is 0 Å². The van der Waals surface area contributed by atoms with Gasteiger partial charge in [0.05, 0.1) is 0 Å². The van der Waals surface area contributed by atoms with Crippen LogP contribution >= 0.6 is 0 Å². The zero-order chi connectivity index (χ0) is 21.8. The summed E-state index contributed by atoms with van der Waals surface area (Å²) in [6.07, 6.45) is -1.24. The van der Waals surface area contributed by atoms with Gasteiger partial charge in [-0.15, -0.1) is 0 Å². The fourth-order valence-electron chi connectivity index (χ4n) is 3.10. The number of aliphatic hydroxyl groups excluding tert-OH is 4. The van der Waals surface area contributed by atoms with Crippen LogP contribution in [0.1, 0.15) is 82.1 Å². The van der Waals surface area contributed by atoms with E-state index in [1.807, 2.05) is 41.5 Å². The molecule has 0 aromatic rings. The zero-order valence-corrected chi connectivity index (χ0v) is 23.1. The molecule has 4 atom stereocenters. The van der Waals surface area contributed by atoms with Crippen LogP contribution in [0.15, 0.2) is 0 Å². The Balaban J connectivity index is 4.64. The summed E-state index contributed by atoms with van der Waals surface area (Å²) in [5.74, 6) is 0. The van der Waals surface area contributed by atoms with Crippen molar-refractivity contribution < 1.29 is 20.4 Å². The summed E-state index contributed by atoms with van der Waals surface area (Å²) in [5, 5.41) is 41.9. The third-order valence-corrected chi connectivity index (χ3v) is 14.4. The van der Waals surface area contributed by atoms with E-state index in [0.29, 0.717) is 12.8 Å². The molecule has 0 aromatic carbocycles. The van der Waals surface area contributed by atoms with Gasteiger partial charge in [0.2, 0.25) is 0 Å². The Bertz CT molecular complexity index is 395. The molecule has 0 aliphatic rings. The first-order chi connectivity index (χ1) is 11.8. The molecule has 4 N–H and O–H groups in total. The van der Waals surface area contributed by atoms with Crippen LogP contribution in [0.5, 0.6) is 0 Å². The first-order valence-corrected chi connectivity index (χ1v) is 15.4. The van der Waals surface area contributed by atoms with Gasteiger partial charge in [-0.1, -0.05) is 0 Å². The number of hydrogen-bond acceptors (Lipinski definition) is 4. The molecule has 0 saturated carbocycles. The average Bonchev–Trinajstić information content (AvgIpc) is 2.44. The van der Waals surface area contributed by atoms with Gasteiger partial charge in [0.1, 0.15) is 0 Å². The molecule has 160 valence electrons. The third kappa shape index (κ3) is 10.3. The molecule has 5 heteroatoms. The molecule has 4 nitrogen and oxygen atoms in total. The van der Waals surface area contributed by atoms with Crippen molar-refractivity contribution in [1.29, 1.82) is 0 Å². The van der Waals surface area contributed by atoms with Gasteiger partial charge in [-0.2, -0.15) is 0 Å². The van der Waals surface area contributed by atoms with Crippen molar-refractivity contribution in [1.82, 2.24) is 0 Å². The van der Waals surface area contributed by atoms with Crippen LogP contribution in [-0.4, -0.2) is 85.9 Å². The van der Waals surface area contributed by atoms with Crippen molar-refractivity contribution in [3.63, 3.8) is 0 Å². The fourth-order valence-corrected chi connectivity index (χ4v) is 9.65. The summed E-state index contributed by atoms with van der Waals surface area (Å²) in [5.41, 5.74) is -0.844. The minimum absolute atomic E-state index is 0.200. The number of hydrogen-bond donors (Lipinski definition) is 4. The predicted molar refractivity (Wildman–Crippen MR) is 115 cm³/mol. The second-order valence-corrected chi connectivity index (χ2v) is 16.3. The molecule has 0 aliphatic heterocycles. The molecule has 27 heavy (non-hydrogen) atoms. The maximum atomic E-state index is 10.6. The quantitative estimate of drug-likeness (QED) is 0.372. The van der Waals surface area contributed by atoms with Gasteiger partial charge < -0.3 is 0 Å². The van der Waals surface area contributed by atoms with Crippen molar-refractivity contribution in [3.8, 4) is 0 Å². The van der Waals surface area contributed by atoms with E-state index in [1.54, 1.807) is 0 Å². The van der Waals surface area contributed by atoms with Crippen LogP contribution in [0, 0.1) is 21.7 Å². The van der Waals surface area contributed by atoms with Gasteiger partial charge in [-0.3, -0.25) is 0 Å². The summed E-state index contributed by atoms with van der Waals surface area (Å²) in [7, 11) is 0. The standard InChI is InChI=1S/2C11H23O2.Sr/c2*1-10(2,3)8(12)7-9(13)11(4,5)6;/h2*8-9,12-13H,1,7H2,2-6H3;. The first kappa shape index (κ1) is 28.3. The van der Waals surface area contributed by atoms with Crippen molar-refractivity contribution in [3.05, 3.63) is 0 Å². The molecular weight excluding hydrogens is 416 g/mol. The molecule has 0 spiro atoms. The molecule has 0 fully saturated rings. The Morgan fingerprint density at radius 2 is 0.778 bits per heavy atom. The average molecular weight is 462 g/mol. The van der Waals surface area contributed by atoms with Gasteiger partial charge >= 0.3 is 192 Å². The van der Waals surface area contributed by atoms with Crippen molar-refractivity contribution >= 4 is 41.0 Å². The molecule has 0 amide bonds. The third-order valence-electron chi connectivity index (χ3n) is 6.34. The van der Waals surface area contributed by atoms with E-state index < -0.39 is 65.4 Å². The van der Waals surface area contributed by atoms with Gasteiger partial charge in [-0.05, 0) is 0 Å². The molecule has 0 aromatic heterocycles. The van der Waals surface area contributed by atoms with Crippen molar-refractivity contribution in [2.75, 3.05) is 0 Å². The molecule has 0 bridgehead atoms. The van der Waals surface area contributed by atoms with Crippen LogP contribution in [0.4, 0.5) is 0 Å². The van der Waals surface area contributed by atoms with E-state index in [2.05, 4.69) is 27.7 Å². The Morgan fingerprint density at radius 1 is 0.519 bits per heavy atom. The molecule has 0 saturated heterocycles. The monoisotopic (exact) mass is 462 g/mol. The van der Waals surface area contributed by atoms with E-state index in [1.165, 1.54) is 0 Å². The topological polar surface area (TPSA) is 80.9 Å². The van der Waals surface area contributed by atoms with Crippen molar-refractivity contribution in [2.24, 2.45) is 21.7 Å². The molecule has 0 heterocycles. The van der Waals surface area contributed by atoms with Crippen LogP contribution < -0.4 is 0 Å². The minimum atomic E-state index is -1.21. The molecule has 0 rings (SSSR count). The Kier molecular flexibility index (Phi) is 11.1. The van der Waals surface area contributed by atoms with Crippen molar-refractivity contribution in [2.45, 2.75) is 109 Å². The summed E-state index contributed by atoms with van der Waals surface area (Å²) in [4.78, 5) is 0. The van der Waals surface area contributed by atoms with E-state index in [9.17, 15) is 20.4 Å². The van der Waals surface area contributed by atoms with E-state index in [0.717, 1.165) is 2.78 Å². The van der Waals surface area contributed by atoms with Gasteiger partial charge in [0, 0.05) is 0 Å². The summed E-state index contributed by atoms with van der Waals surface area (Å²) in [6.45, 7) is 20.3. The SMILES string of the molecule is CC(C)(C)C(O)CC(O)C(C)(C)[CH2][Sr][CH2]C(C)(C)C(O)CC(O)C(C)(C)C. The van der Waals surface area contributed by atoms with Crippen LogP contribution in [0.25, 0.3) is 0 Å². The number of aliphatic hydroxyl groups is 4. The summed E-state index contributed by atoms with van der Waals surface area (Å²) >= 11 is -1.21. The predicted octanol–water partition coefficient (Wildman–Crippen LogP) is 3.90. The van der Waals surface area contributed by atoms with Crippen LogP contribution in [0.2, 0.25) is 2.78 Å². The number of rotatable bonds is 10. The van der Waals surface area contributed by atoms with Crippen LogP contribution in [0.3, 0.4) is 0 Å². The second-order valence-electron chi connectivity index (χ2n) is 12.1. The van der Waals surface area contributed by atoms with Gasteiger partial charge in [0.25, 0.3) is 0 Å². The molecule has 0 radical (unpaired) electrons. The normalized spacial score (nSPS) is 18.6.